The van der Waals surface area contributed by atoms with Gasteiger partial charge in [-0.2, -0.15) is 0 Å². The fraction of sp³-hybridized carbons (Fsp3) is 0.727. The van der Waals surface area contributed by atoms with Crippen LogP contribution in [0.5, 0.6) is 0 Å². The summed E-state index contributed by atoms with van der Waals surface area (Å²) in [6, 6.07) is 1.23. The van der Waals surface area contributed by atoms with Gasteiger partial charge in [0.2, 0.25) is 0 Å². The minimum atomic E-state index is 0.597. The van der Waals surface area contributed by atoms with E-state index in [1.807, 2.05) is 0 Å². The van der Waals surface area contributed by atoms with Crippen molar-refractivity contribution in [2.75, 3.05) is 12.3 Å². The zero-order valence-electron chi connectivity index (χ0n) is 9.23. The van der Waals surface area contributed by atoms with E-state index in [1.165, 1.54) is 30.0 Å². The average molecular weight is 223 g/mol. The summed E-state index contributed by atoms with van der Waals surface area (Å²) in [7, 11) is 0. The lowest BCUT2D eigenvalue weighted by Gasteiger charge is -2.46. The topological polar surface area (TPSA) is 42.1 Å². The van der Waals surface area contributed by atoms with Gasteiger partial charge in [-0.15, -0.1) is 11.3 Å². The van der Waals surface area contributed by atoms with Crippen LogP contribution < -0.4 is 5.73 Å². The van der Waals surface area contributed by atoms with Crippen molar-refractivity contribution in [2.24, 2.45) is 0 Å². The standard InChI is InChI=1S/C11H17N3S/c1-6(2)14-5-7-3-4-8(14)10-9(7)13-11(12)15-10/h6-8H,3-5H2,1-2H3,(H2,12,13). The Bertz CT molecular complexity index is 385. The summed E-state index contributed by atoms with van der Waals surface area (Å²) < 4.78 is 0. The fourth-order valence-corrected chi connectivity index (χ4v) is 4.04. The maximum atomic E-state index is 5.82. The van der Waals surface area contributed by atoms with E-state index in [4.69, 9.17) is 5.73 Å². The van der Waals surface area contributed by atoms with Crippen molar-refractivity contribution in [1.82, 2.24) is 9.88 Å². The molecule has 3 nitrogen and oxygen atoms in total. The van der Waals surface area contributed by atoms with Gasteiger partial charge in [0, 0.05) is 29.4 Å². The number of piperidine rings is 1. The first kappa shape index (κ1) is 9.60. The molecule has 82 valence electrons. The zero-order chi connectivity index (χ0) is 10.6. The van der Waals surface area contributed by atoms with Crippen LogP contribution in [0.4, 0.5) is 5.13 Å². The van der Waals surface area contributed by atoms with Gasteiger partial charge in [0.25, 0.3) is 0 Å². The third-order valence-corrected chi connectivity index (χ3v) is 4.67. The highest BCUT2D eigenvalue weighted by Gasteiger charge is 2.41. The van der Waals surface area contributed by atoms with E-state index >= 15 is 0 Å². The van der Waals surface area contributed by atoms with Crippen LogP contribution in [0.15, 0.2) is 0 Å². The summed E-state index contributed by atoms with van der Waals surface area (Å²) >= 11 is 1.70. The Hall–Kier alpha value is -0.610. The Labute approximate surface area is 94.3 Å². The Morgan fingerprint density at radius 2 is 2.27 bits per heavy atom. The molecular weight excluding hydrogens is 206 g/mol. The van der Waals surface area contributed by atoms with Crippen molar-refractivity contribution in [3.8, 4) is 0 Å². The number of nitrogens with zero attached hydrogens (tertiary/aromatic N) is 2. The summed E-state index contributed by atoms with van der Waals surface area (Å²) in [4.78, 5) is 8.55. The van der Waals surface area contributed by atoms with Crippen LogP contribution in [-0.4, -0.2) is 22.5 Å². The molecule has 4 heteroatoms. The maximum absolute atomic E-state index is 5.82. The summed E-state index contributed by atoms with van der Waals surface area (Å²) in [5.74, 6) is 0.640. The van der Waals surface area contributed by atoms with Gasteiger partial charge in [0.1, 0.15) is 0 Å². The van der Waals surface area contributed by atoms with Gasteiger partial charge in [0.05, 0.1) is 5.69 Å². The van der Waals surface area contributed by atoms with Crippen molar-refractivity contribution in [3.05, 3.63) is 10.6 Å². The second-order valence-corrected chi connectivity index (χ2v) is 5.94. The smallest absolute Gasteiger partial charge is 0.180 e. The number of fused-ring (bicyclic) bond motifs is 2. The van der Waals surface area contributed by atoms with Crippen LogP contribution in [-0.2, 0) is 0 Å². The Morgan fingerprint density at radius 3 is 3.00 bits per heavy atom. The molecule has 0 spiro atoms. The average Bonchev–Trinajstić information content (AvgIpc) is 2.61. The van der Waals surface area contributed by atoms with Crippen LogP contribution in [0.3, 0.4) is 0 Å². The van der Waals surface area contributed by atoms with Crippen molar-refractivity contribution < 1.29 is 0 Å². The number of rotatable bonds is 1. The lowest BCUT2D eigenvalue weighted by Crippen LogP contribution is -2.45. The highest BCUT2D eigenvalue weighted by atomic mass is 32.1. The van der Waals surface area contributed by atoms with E-state index in [0.717, 1.165) is 5.13 Å². The molecule has 1 saturated heterocycles. The molecule has 1 aromatic rings. The summed E-state index contributed by atoms with van der Waals surface area (Å²) in [5, 5.41) is 0.752. The first-order chi connectivity index (χ1) is 7.16. The maximum Gasteiger partial charge on any atom is 0.180 e. The lowest BCUT2D eigenvalue weighted by atomic mass is 9.81. The summed E-state index contributed by atoms with van der Waals surface area (Å²) in [5.41, 5.74) is 7.13. The van der Waals surface area contributed by atoms with Crippen LogP contribution >= 0.6 is 11.3 Å². The van der Waals surface area contributed by atoms with Gasteiger partial charge in [-0.25, -0.2) is 4.98 Å². The Kier molecular flexibility index (Phi) is 2.04. The molecule has 2 bridgehead atoms. The van der Waals surface area contributed by atoms with Gasteiger partial charge in [-0.1, -0.05) is 0 Å². The third-order valence-electron chi connectivity index (χ3n) is 3.67. The highest BCUT2D eigenvalue weighted by molar-refractivity contribution is 7.15. The molecule has 1 fully saturated rings. The Morgan fingerprint density at radius 1 is 1.47 bits per heavy atom. The summed E-state index contributed by atoms with van der Waals surface area (Å²) in [6.45, 7) is 5.74. The van der Waals surface area contributed by atoms with Crippen molar-refractivity contribution in [1.29, 1.82) is 0 Å². The predicted octanol–water partition coefficient (Wildman–Crippen LogP) is 2.37. The molecule has 2 unspecified atom stereocenters. The minimum Gasteiger partial charge on any atom is -0.375 e. The fourth-order valence-electron chi connectivity index (χ4n) is 2.97. The van der Waals surface area contributed by atoms with E-state index in [0.29, 0.717) is 18.0 Å². The molecule has 3 aliphatic rings. The first-order valence-corrected chi connectivity index (χ1v) is 6.50. The molecule has 0 radical (unpaired) electrons. The number of hydrogen-bond donors (Lipinski definition) is 1. The van der Waals surface area contributed by atoms with E-state index in [9.17, 15) is 0 Å². The van der Waals surface area contributed by atoms with Crippen molar-refractivity contribution >= 4 is 16.5 Å². The van der Waals surface area contributed by atoms with Crippen molar-refractivity contribution in [3.63, 3.8) is 0 Å². The first-order valence-electron chi connectivity index (χ1n) is 5.68. The SMILES string of the molecule is CC(C)N1CC2CCC1c1sc(N)nc12. The molecule has 0 saturated carbocycles. The molecule has 1 aliphatic carbocycles. The normalized spacial score (nSPS) is 29.8. The van der Waals surface area contributed by atoms with Gasteiger partial charge in [0.15, 0.2) is 5.13 Å². The van der Waals surface area contributed by atoms with E-state index in [-0.39, 0.29) is 0 Å². The van der Waals surface area contributed by atoms with Crippen molar-refractivity contribution in [2.45, 2.75) is 44.7 Å². The van der Waals surface area contributed by atoms with Gasteiger partial charge in [-0.05, 0) is 26.7 Å². The van der Waals surface area contributed by atoms with Crippen LogP contribution in [0.1, 0.15) is 49.2 Å². The van der Waals surface area contributed by atoms with Crippen LogP contribution in [0, 0.1) is 0 Å². The quantitative estimate of drug-likeness (QED) is 0.794. The van der Waals surface area contributed by atoms with E-state index in [1.54, 1.807) is 11.3 Å². The minimum absolute atomic E-state index is 0.597. The number of hydrogen-bond acceptors (Lipinski definition) is 4. The molecule has 3 heterocycles. The highest BCUT2D eigenvalue weighted by Crippen LogP contribution is 2.49. The molecular formula is C11H17N3S. The molecule has 0 aromatic carbocycles. The third kappa shape index (κ3) is 1.31. The summed E-state index contributed by atoms with van der Waals surface area (Å²) in [6.07, 6.45) is 2.58. The monoisotopic (exact) mass is 223 g/mol. The van der Waals surface area contributed by atoms with Gasteiger partial charge < -0.3 is 5.73 Å². The van der Waals surface area contributed by atoms with E-state index < -0.39 is 0 Å². The van der Waals surface area contributed by atoms with Crippen LogP contribution in [0.2, 0.25) is 0 Å². The van der Waals surface area contributed by atoms with Gasteiger partial charge in [-0.3, -0.25) is 4.90 Å². The zero-order valence-corrected chi connectivity index (χ0v) is 10.0. The molecule has 0 amide bonds. The second-order valence-electron chi connectivity index (χ2n) is 4.88. The number of aromatic nitrogens is 1. The van der Waals surface area contributed by atoms with E-state index in [2.05, 4.69) is 23.7 Å². The number of nitrogen functional groups attached to an aromatic ring is 1. The molecule has 1 aromatic heterocycles. The predicted molar refractivity (Wildman–Crippen MR) is 63.1 cm³/mol. The molecule has 2 N–H and O–H groups in total. The molecule has 2 aliphatic heterocycles. The lowest BCUT2D eigenvalue weighted by molar-refractivity contribution is 0.0819. The Balaban J connectivity index is 2.04. The number of nitrogens with two attached hydrogens (primary N) is 1. The number of thiazole rings is 1. The molecule has 2 atom stereocenters. The van der Waals surface area contributed by atoms with Crippen LogP contribution in [0.25, 0.3) is 0 Å². The van der Waals surface area contributed by atoms with Gasteiger partial charge >= 0.3 is 0 Å². The molecule has 4 rings (SSSR count). The number of anilines is 1. The molecule has 15 heavy (non-hydrogen) atoms. The largest absolute Gasteiger partial charge is 0.375 e. The second kappa shape index (κ2) is 3.19.